The van der Waals surface area contributed by atoms with Crippen molar-refractivity contribution in [1.82, 2.24) is 5.43 Å². The van der Waals surface area contributed by atoms with Crippen LogP contribution in [0, 0.1) is 0 Å². The third-order valence-corrected chi connectivity index (χ3v) is 6.63. The average Bonchev–Trinajstić information content (AvgIpc) is 3.08. The van der Waals surface area contributed by atoms with Crippen molar-refractivity contribution in [2.75, 3.05) is 0 Å². The van der Waals surface area contributed by atoms with E-state index < -0.39 is 24.1 Å². The van der Waals surface area contributed by atoms with E-state index in [9.17, 15) is 14.4 Å². The van der Waals surface area contributed by atoms with Gasteiger partial charge in [-0.25, -0.2) is 15.0 Å². The molecule has 230 valence electrons. The largest absolute Gasteiger partial charge is 0.446 e. The van der Waals surface area contributed by atoms with Gasteiger partial charge in [0.15, 0.2) is 0 Å². The number of hydrogen-bond donors (Lipinski definition) is 1. The van der Waals surface area contributed by atoms with Crippen molar-refractivity contribution in [3.05, 3.63) is 154 Å². The van der Waals surface area contributed by atoms with E-state index in [1.807, 2.05) is 0 Å². The summed E-state index contributed by atoms with van der Waals surface area (Å²) < 4.78 is 22.7. The highest BCUT2D eigenvalue weighted by Gasteiger charge is 2.23. The van der Waals surface area contributed by atoms with Gasteiger partial charge in [-0.2, -0.15) is 5.10 Å². The Balaban J connectivity index is 1.35. The average molecular weight is 655 g/mol. The summed E-state index contributed by atoms with van der Waals surface area (Å²) in [6.07, 6.45) is -0.203. The number of carbonyl (C=O) groups excluding carboxylic acids is 3. The molecular weight excluding hydrogens is 631 g/mol. The van der Waals surface area contributed by atoms with Crippen LogP contribution < -0.4 is 24.4 Å². The fourth-order valence-electron chi connectivity index (χ4n) is 3.87. The zero-order valence-electron chi connectivity index (χ0n) is 23.8. The molecule has 0 fully saturated rings. The van der Waals surface area contributed by atoms with Gasteiger partial charge in [-0.1, -0.05) is 59.6 Å². The number of halogens is 2. The minimum absolute atomic E-state index is 0.0246. The molecule has 0 saturated carbocycles. The Morgan fingerprint density at radius 1 is 0.609 bits per heavy atom. The SMILES string of the molecule is O=C(Oc1ccc(C=NNC(=O)C(Oc2ccc(Cl)cc2)Oc2ccc(Cl)cc2)c(OC(=O)c2ccccc2)c1)c1ccccc1. The van der Waals surface area contributed by atoms with Gasteiger partial charge < -0.3 is 18.9 Å². The molecule has 0 atom stereocenters. The lowest BCUT2D eigenvalue weighted by Gasteiger charge is -2.19. The van der Waals surface area contributed by atoms with Crippen molar-refractivity contribution in [2.24, 2.45) is 5.10 Å². The molecule has 0 spiro atoms. The Hall–Kier alpha value is -5.64. The molecule has 46 heavy (non-hydrogen) atoms. The second kappa shape index (κ2) is 15.4. The summed E-state index contributed by atoms with van der Waals surface area (Å²) in [5.41, 5.74) is 3.31. The molecule has 5 aromatic carbocycles. The van der Waals surface area contributed by atoms with E-state index in [1.165, 1.54) is 24.4 Å². The quantitative estimate of drug-likeness (QED) is 0.0520. The smallest absolute Gasteiger partial charge is 0.343 e. The normalized spacial score (nSPS) is 10.8. The molecule has 5 rings (SSSR count). The highest BCUT2D eigenvalue weighted by molar-refractivity contribution is 6.30. The van der Waals surface area contributed by atoms with Crippen LogP contribution in [0.1, 0.15) is 26.3 Å². The van der Waals surface area contributed by atoms with Gasteiger partial charge in [0.05, 0.1) is 17.3 Å². The van der Waals surface area contributed by atoms with E-state index in [0.29, 0.717) is 32.7 Å². The van der Waals surface area contributed by atoms with Gasteiger partial charge in [-0.3, -0.25) is 4.79 Å². The molecule has 0 radical (unpaired) electrons. The predicted molar refractivity (Wildman–Crippen MR) is 173 cm³/mol. The van der Waals surface area contributed by atoms with Crippen molar-refractivity contribution in [2.45, 2.75) is 6.29 Å². The Kier molecular flexibility index (Phi) is 10.6. The predicted octanol–water partition coefficient (Wildman–Crippen LogP) is 7.37. The molecule has 1 amide bonds. The summed E-state index contributed by atoms with van der Waals surface area (Å²) in [4.78, 5) is 38.7. The first-order valence-corrected chi connectivity index (χ1v) is 14.5. The number of ether oxygens (including phenoxy) is 4. The first-order chi connectivity index (χ1) is 22.3. The van der Waals surface area contributed by atoms with Gasteiger partial charge >= 0.3 is 24.1 Å². The maximum Gasteiger partial charge on any atom is 0.343 e. The summed E-state index contributed by atoms with van der Waals surface area (Å²) >= 11 is 11.9. The lowest BCUT2D eigenvalue weighted by molar-refractivity contribution is -0.140. The maximum atomic E-state index is 13.2. The van der Waals surface area contributed by atoms with Crippen molar-refractivity contribution in [1.29, 1.82) is 0 Å². The third kappa shape index (κ3) is 8.95. The van der Waals surface area contributed by atoms with Crippen LogP contribution in [0.25, 0.3) is 0 Å². The molecule has 0 unspecified atom stereocenters. The topological polar surface area (TPSA) is 113 Å². The number of hydrogen-bond acceptors (Lipinski definition) is 8. The fourth-order valence-corrected chi connectivity index (χ4v) is 4.12. The molecule has 0 aliphatic rings. The van der Waals surface area contributed by atoms with Crippen LogP contribution >= 0.6 is 23.2 Å². The third-order valence-electron chi connectivity index (χ3n) is 6.12. The van der Waals surface area contributed by atoms with E-state index >= 15 is 0 Å². The van der Waals surface area contributed by atoms with Gasteiger partial charge in [0.2, 0.25) is 0 Å². The zero-order chi connectivity index (χ0) is 32.3. The molecule has 0 saturated heterocycles. The summed E-state index contributed by atoms with van der Waals surface area (Å²) in [5.74, 6) is -1.22. The van der Waals surface area contributed by atoms with Crippen molar-refractivity contribution < 1.29 is 33.3 Å². The lowest BCUT2D eigenvalue weighted by atomic mass is 10.2. The Labute approximate surface area is 273 Å². The van der Waals surface area contributed by atoms with Crippen LogP contribution in [0.5, 0.6) is 23.0 Å². The Morgan fingerprint density at radius 3 is 1.61 bits per heavy atom. The van der Waals surface area contributed by atoms with Gasteiger partial charge in [-0.05, 0) is 84.9 Å². The van der Waals surface area contributed by atoms with E-state index in [2.05, 4.69) is 10.5 Å². The summed E-state index contributed by atoms with van der Waals surface area (Å²) in [5, 5.41) is 5.00. The van der Waals surface area contributed by atoms with Crippen LogP contribution in [0.2, 0.25) is 10.0 Å². The number of nitrogens with one attached hydrogen (secondary N) is 1. The van der Waals surface area contributed by atoms with Crippen LogP contribution in [0.3, 0.4) is 0 Å². The van der Waals surface area contributed by atoms with E-state index in [0.717, 1.165) is 0 Å². The van der Waals surface area contributed by atoms with E-state index in [-0.39, 0.29) is 17.1 Å². The lowest BCUT2D eigenvalue weighted by Crippen LogP contribution is -2.40. The van der Waals surface area contributed by atoms with Crippen LogP contribution in [-0.2, 0) is 4.79 Å². The molecule has 5 aromatic rings. The molecule has 0 aromatic heterocycles. The van der Waals surface area contributed by atoms with Crippen LogP contribution in [0.15, 0.2) is 132 Å². The first kappa shape index (κ1) is 31.8. The molecule has 0 aliphatic carbocycles. The van der Waals surface area contributed by atoms with Crippen molar-refractivity contribution in [3.8, 4) is 23.0 Å². The summed E-state index contributed by atoms with van der Waals surface area (Å²) in [7, 11) is 0. The Bertz CT molecular complexity index is 1790. The van der Waals surface area contributed by atoms with E-state index in [1.54, 1.807) is 109 Å². The minimum atomic E-state index is -1.46. The highest BCUT2D eigenvalue weighted by Crippen LogP contribution is 2.26. The number of rotatable bonds is 11. The summed E-state index contributed by atoms with van der Waals surface area (Å²) in [6, 6.07) is 33.9. The Morgan fingerprint density at radius 2 is 1.09 bits per heavy atom. The number of hydrazone groups is 1. The van der Waals surface area contributed by atoms with Gasteiger partial charge in [0, 0.05) is 21.7 Å². The van der Waals surface area contributed by atoms with Gasteiger partial charge in [0.1, 0.15) is 23.0 Å². The van der Waals surface area contributed by atoms with Crippen LogP contribution in [0.4, 0.5) is 0 Å². The number of amides is 1. The number of esters is 2. The second-order valence-electron chi connectivity index (χ2n) is 9.42. The van der Waals surface area contributed by atoms with E-state index in [4.69, 9.17) is 42.1 Å². The monoisotopic (exact) mass is 654 g/mol. The van der Waals surface area contributed by atoms with Crippen molar-refractivity contribution >= 4 is 47.3 Å². The number of benzene rings is 5. The number of carbonyl (C=O) groups is 3. The van der Waals surface area contributed by atoms with Crippen molar-refractivity contribution in [3.63, 3.8) is 0 Å². The second-order valence-corrected chi connectivity index (χ2v) is 10.3. The van der Waals surface area contributed by atoms with Crippen LogP contribution in [-0.4, -0.2) is 30.4 Å². The van der Waals surface area contributed by atoms with Gasteiger partial charge in [-0.15, -0.1) is 0 Å². The first-order valence-electron chi connectivity index (χ1n) is 13.7. The fraction of sp³-hybridized carbons (Fsp3) is 0.0286. The molecule has 1 N–H and O–H groups in total. The maximum absolute atomic E-state index is 13.2. The minimum Gasteiger partial charge on any atom is -0.446 e. The number of nitrogens with zero attached hydrogens (tertiary/aromatic N) is 1. The molecule has 0 heterocycles. The summed E-state index contributed by atoms with van der Waals surface area (Å²) in [6.45, 7) is 0. The molecular formula is C35H24Cl2N2O7. The standard InChI is InChI=1S/C35H24Cl2N2O7/c36-26-12-17-28(18-13-26)44-35(45-29-19-14-27(37)15-20-29)32(40)39-38-22-25-11-16-30(43-33(41)23-7-3-1-4-8-23)21-31(25)46-34(42)24-9-5-2-6-10-24/h1-22,35H,(H,39,40). The van der Waals surface area contributed by atoms with Gasteiger partial charge in [0.25, 0.3) is 0 Å². The zero-order valence-corrected chi connectivity index (χ0v) is 25.4. The molecule has 11 heteroatoms. The highest BCUT2D eigenvalue weighted by atomic mass is 35.5. The molecule has 0 aliphatic heterocycles. The molecule has 9 nitrogen and oxygen atoms in total. The molecule has 0 bridgehead atoms.